The van der Waals surface area contributed by atoms with Crippen molar-refractivity contribution in [2.75, 3.05) is 0 Å². The van der Waals surface area contributed by atoms with E-state index in [2.05, 4.69) is 84.9 Å². The smallest absolute Gasteiger partial charge is 0.657 e. The quantitative estimate of drug-likeness (QED) is 0.0970. The van der Waals surface area contributed by atoms with Crippen molar-refractivity contribution in [1.82, 2.24) is 19.9 Å². The molecule has 2 aliphatic heterocycles. The van der Waals surface area contributed by atoms with Crippen LogP contribution in [0, 0.1) is 0 Å². The fraction of sp³-hybridized carbons (Fsp3) is 0. The van der Waals surface area contributed by atoms with E-state index in [0.717, 1.165) is 101 Å². The summed E-state index contributed by atoms with van der Waals surface area (Å²) in [6.45, 7) is 0. The fourth-order valence-corrected chi connectivity index (χ4v) is 7.06. The fourth-order valence-electron chi connectivity index (χ4n) is 7.06. The predicted molar refractivity (Wildman–Crippen MR) is 213 cm³/mol. The van der Waals surface area contributed by atoms with Crippen molar-refractivity contribution in [2.24, 2.45) is 0 Å². The third kappa shape index (κ3) is 6.31. The van der Waals surface area contributed by atoms with Gasteiger partial charge in [0.1, 0.15) is 6.29 Å². The van der Waals surface area contributed by atoms with Gasteiger partial charge < -0.3 is 9.97 Å². The van der Waals surface area contributed by atoms with Crippen molar-refractivity contribution in [2.45, 2.75) is 0 Å². The first kappa shape index (κ1) is 33.5. The molecule has 8 bridgehead atoms. The first-order valence-corrected chi connectivity index (χ1v) is 17.2. The van der Waals surface area contributed by atoms with E-state index < -0.39 is 0 Å². The summed E-state index contributed by atoms with van der Waals surface area (Å²) in [7, 11) is 0. The monoisotopic (exact) mass is 724 g/mol. The summed E-state index contributed by atoms with van der Waals surface area (Å²) < 4.78 is 0. The molecule has 0 atom stereocenters. The maximum atomic E-state index is 11.7. The Balaban J connectivity index is 0.00000400. The van der Waals surface area contributed by atoms with Gasteiger partial charge in [0.15, 0.2) is 0 Å². The average molecular weight is 725 g/mol. The van der Waals surface area contributed by atoms with Gasteiger partial charge in [-0.2, -0.15) is 0 Å². The number of allylic oxidation sites excluding steroid dienone is 3. The zero-order valence-electron chi connectivity index (χ0n) is 28.3. The van der Waals surface area contributed by atoms with E-state index in [1.807, 2.05) is 84.9 Å². The normalized spacial score (nSPS) is 12.0. The second-order valence-electron chi connectivity index (χ2n) is 12.6. The first-order valence-electron chi connectivity index (χ1n) is 17.2. The number of aromatic nitrogens is 4. The van der Waals surface area contributed by atoms with Gasteiger partial charge in [-0.05, 0) is 74.9 Å². The average Bonchev–Trinajstić information content (AvgIpc) is 4.03. The van der Waals surface area contributed by atoms with Crippen molar-refractivity contribution < 1.29 is 21.3 Å². The van der Waals surface area contributed by atoms with E-state index in [1.54, 1.807) is 0 Å². The minimum atomic E-state index is 0. The third-order valence-electron chi connectivity index (χ3n) is 9.35. The predicted octanol–water partition coefficient (Wildman–Crippen LogP) is 10.7. The Hall–Kier alpha value is -6.62. The molecule has 2 aliphatic rings. The number of carbonyl (C=O) groups is 1. The van der Waals surface area contributed by atoms with Gasteiger partial charge in [0.25, 0.3) is 0 Å². The molecular formula is C47H30N4NiO. The van der Waals surface area contributed by atoms with Crippen molar-refractivity contribution in [3.8, 4) is 44.5 Å². The van der Waals surface area contributed by atoms with Gasteiger partial charge in [-0.3, -0.25) is 4.79 Å². The zero-order valence-corrected chi connectivity index (χ0v) is 29.3. The summed E-state index contributed by atoms with van der Waals surface area (Å²) in [5.41, 5.74) is 14.7. The van der Waals surface area contributed by atoms with Crippen LogP contribution in [0.4, 0.5) is 0 Å². The largest absolute Gasteiger partial charge is 2.00 e. The molecule has 7 aromatic rings. The van der Waals surface area contributed by atoms with Crippen LogP contribution in [0.3, 0.4) is 0 Å². The number of hydrogen-bond acceptors (Lipinski definition) is 3. The van der Waals surface area contributed by atoms with Crippen LogP contribution in [0.5, 0.6) is 0 Å². The molecule has 9 rings (SSSR count). The number of nitrogens with zero attached hydrogens (tertiary/aromatic N) is 4. The third-order valence-corrected chi connectivity index (χ3v) is 9.35. The molecule has 0 saturated heterocycles. The number of hydrogen-bond donors (Lipinski definition) is 0. The molecule has 0 unspecified atom stereocenters. The number of fused-ring (bicyclic) bond motifs is 8. The van der Waals surface area contributed by atoms with Crippen LogP contribution in [-0.4, -0.2) is 16.3 Å². The van der Waals surface area contributed by atoms with Gasteiger partial charge in [0.2, 0.25) is 0 Å². The first-order chi connectivity index (χ1) is 25.7. The molecule has 6 heteroatoms. The molecule has 5 heterocycles. The molecule has 5 nitrogen and oxygen atoms in total. The molecule has 0 N–H and O–H groups in total. The van der Waals surface area contributed by atoms with E-state index in [-0.39, 0.29) is 16.5 Å². The van der Waals surface area contributed by atoms with Crippen LogP contribution < -0.4 is 9.97 Å². The molecule has 0 fully saturated rings. The van der Waals surface area contributed by atoms with Gasteiger partial charge >= 0.3 is 16.5 Å². The Morgan fingerprint density at radius 3 is 1.23 bits per heavy atom. The maximum absolute atomic E-state index is 11.7. The molecule has 0 spiro atoms. The molecule has 0 amide bonds. The Bertz CT molecular complexity index is 2730. The number of benzene rings is 4. The molecule has 53 heavy (non-hydrogen) atoms. The molecule has 0 radical (unpaired) electrons. The van der Waals surface area contributed by atoms with Crippen molar-refractivity contribution >= 4 is 52.2 Å². The summed E-state index contributed by atoms with van der Waals surface area (Å²) in [5.74, 6) is 0. The number of carbonyl (C=O) groups excluding carboxylic acids is 1. The minimum Gasteiger partial charge on any atom is -0.657 e. The van der Waals surface area contributed by atoms with Crippen molar-refractivity contribution in [3.05, 3.63) is 181 Å². The summed E-state index contributed by atoms with van der Waals surface area (Å²) in [4.78, 5) is 33.1. The van der Waals surface area contributed by atoms with Crippen molar-refractivity contribution in [1.29, 1.82) is 0 Å². The van der Waals surface area contributed by atoms with E-state index >= 15 is 0 Å². The van der Waals surface area contributed by atoms with Crippen LogP contribution in [0.1, 0.15) is 22.8 Å². The van der Waals surface area contributed by atoms with Crippen LogP contribution in [-0.2, 0) is 21.3 Å². The van der Waals surface area contributed by atoms with Gasteiger partial charge in [-0.15, -0.1) is 22.1 Å². The van der Waals surface area contributed by atoms with Gasteiger partial charge in [0, 0.05) is 5.57 Å². The van der Waals surface area contributed by atoms with Crippen LogP contribution in [0.15, 0.2) is 158 Å². The summed E-state index contributed by atoms with van der Waals surface area (Å²) >= 11 is 0. The van der Waals surface area contributed by atoms with E-state index in [0.29, 0.717) is 0 Å². The Morgan fingerprint density at radius 2 is 0.811 bits per heavy atom. The molecule has 0 aliphatic carbocycles. The number of aldehydes is 1. The summed E-state index contributed by atoms with van der Waals surface area (Å²) in [6.07, 6.45) is 10.3. The van der Waals surface area contributed by atoms with Gasteiger partial charge in [-0.25, -0.2) is 9.97 Å². The van der Waals surface area contributed by atoms with E-state index in [4.69, 9.17) is 19.9 Å². The summed E-state index contributed by atoms with van der Waals surface area (Å²) in [5, 5.41) is 0. The van der Waals surface area contributed by atoms with Crippen LogP contribution in [0.2, 0.25) is 0 Å². The molecule has 4 aromatic carbocycles. The Morgan fingerprint density at radius 1 is 0.434 bits per heavy atom. The zero-order chi connectivity index (χ0) is 34.9. The van der Waals surface area contributed by atoms with Gasteiger partial charge in [0.05, 0.1) is 22.8 Å². The topological polar surface area (TPSA) is 71.1 Å². The molecule has 3 aromatic heterocycles. The number of rotatable bonds is 6. The second-order valence-corrected chi connectivity index (χ2v) is 12.6. The van der Waals surface area contributed by atoms with Crippen LogP contribution >= 0.6 is 0 Å². The molecule has 0 saturated carbocycles. The Labute approximate surface area is 317 Å². The maximum Gasteiger partial charge on any atom is 2.00 e. The Kier molecular flexibility index (Phi) is 9.20. The SMILES string of the molecule is O=C/C=C/C1=Cc2nc1c(-c1ccccc1)c1ccc([n-]1)c(-c1ccccc1)c1nc(c(-c3ccccc3)c3ccc([n-]3)c2-c2ccccc2)C=C1.[Ni+2]. The molecule has 254 valence electrons. The van der Waals surface area contributed by atoms with Crippen LogP contribution in [0.25, 0.3) is 90.4 Å². The second kappa shape index (κ2) is 14.6. The standard InChI is InChI=1S/C47H31N4O.Ni/c52-29-13-22-35-30-42-45(33-18-9-3-10-19-33)40-26-25-38(49-40)43(31-14-5-1-6-15-31)36-23-24-37(48-36)44(32-16-7-2-8-17-32)39-27-28-41(50-39)46(47(35)51-42)34-20-11-4-12-21-34;/h1-30H,(H-,48,49,50,51,52);/q-1;+2/p-1. The minimum absolute atomic E-state index is 0. The van der Waals surface area contributed by atoms with Gasteiger partial charge in [-0.1, -0.05) is 146 Å². The van der Waals surface area contributed by atoms with E-state index in [1.165, 1.54) is 6.08 Å². The van der Waals surface area contributed by atoms with E-state index in [9.17, 15) is 4.79 Å². The summed E-state index contributed by atoms with van der Waals surface area (Å²) in [6, 6.07) is 49.2. The van der Waals surface area contributed by atoms with Crippen molar-refractivity contribution in [3.63, 3.8) is 0 Å². The molecular weight excluding hydrogens is 695 g/mol.